The van der Waals surface area contributed by atoms with Crippen molar-refractivity contribution in [3.63, 3.8) is 0 Å². The van der Waals surface area contributed by atoms with Gasteiger partial charge >= 0.3 is 0 Å². The summed E-state index contributed by atoms with van der Waals surface area (Å²) in [7, 11) is 0. The highest BCUT2D eigenvalue weighted by atomic mass is 16.7. The highest BCUT2D eigenvalue weighted by Gasteiger charge is 2.48. The number of amides is 1. The number of aliphatic hydroxyl groups is 4. The van der Waals surface area contributed by atoms with Gasteiger partial charge in [-0.2, -0.15) is 4.99 Å². The number of hydrogen-bond donors (Lipinski definition) is 7. The standard InChI is InChI=1S/C38H35N5O12/c39-38-41-35-27(36(51)42-38)40-16-43(35)24-8-4-3-5-19(24)18-10-12-52-15-25-30(48)31(49)32(50)37(54-25)55-33-22(18)13-23-26(34(33)53-14-17(45)9-11-44)29(47)21-7-2-1-6-20(21)28(23)46/h1-8,11,13,17-18,25,30-32,37,45,48-50H,9-10,12,14-16H2,(H2,39,42,51)/p+1/t17-,18-,25+,30+,31-,32+,37-/m1/s1. The first-order valence-electron chi connectivity index (χ1n) is 17.6. The normalized spacial score (nSPS) is 27.8. The summed E-state index contributed by atoms with van der Waals surface area (Å²) in [6, 6.07) is 15.0. The number of amidine groups is 1. The van der Waals surface area contributed by atoms with Gasteiger partial charge in [0.15, 0.2) is 29.7 Å². The molecule has 284 valence electrons. The molecule has 1 unspecified atom stereocenters. The van der Waals surface area contributed by atoms with Gasteiger partial charge in [-0.3, -0.25) is 25.1 Å². The Morgan fingerprint density at radius 1 is 0.982 bits per heavy atom. The summed E-state index contributed by atoms with van der Waals surface area (Å²) in [6.45, 7) is -0.625. The molecular weight excluding hydrogens is 718 g/mol. The van der Waals surface area contributed by atoms with Crippen molar-refractivity contribution >= 4 is 47.0 Å². The molecule has 8 atom stereocenters. The molecule has 0 spiro atoms. The van der Waals surface area contributed by atoms with E-state index in [0.29, 0.717) is 22.4 Å². The van der Waals surface area contributed by atoms with Crippen LogP contribution in [0.25, 0.3) is 0 Å². The lowest BCUT2D eigenvalue weighted by molar-refractivity contribution is -0.723. The van der Waals surface area contributed by atoms with Crippen LogP contribution in [0, 0.1) is 5.41 Å². The number of quaternary nitrogens is 1. The average molecular weight is 755 g/mol. The van der Waals surface area contributed by atoms with Crippen LogP contribution in [0.5, 0.6) is 11.5 Å². The van der Waals surface area contributed by atoms with Crippen LogP contribution in [0.4, 0.5) is 5.69 Å². The first-order chi connectivity index (χ1) is 26.6. The van der Waals surface area contributed by atoms with Crippen LogP contribution in [0.3, 0.4) is 0 Å². The summed E-state index contributed by atoms with van der Waals surface area (Å²) < 4.78 is 24.6. The quantitative estimate of drug-likeness (QED) is 0.111. The van der Waals surface area contributed by atoms with Crippen LogP contribution < -0.4 is 19.7 Å². The predicted molar refractivity (Wildman–Crippen MR) is 189 cm³/mol. The topological polar surface area (TPSA) is 251 Å². The molecule has 8 rings (SSSR count). The van der Waals surface area contributed by atoms with E-state index in [2.05, 4.69) is 15.3 Å². The van der Waals surface area contributed by atoms with E-state index in [0.717, 1.165) is 0 Å². The molecule has 3 aromatic rings. The third-order valence-electron chi connectivity index (χ3n) is 10.3. The predicted octanol–water partition coefficient (Wildman–Crippen LogP) is -1.08. The van der Waals surface area contributed by atoms with Crippen molar-refractivity contribution in [2.45, 2.75) is 55.6 Å². The van der Waals surface area contributed by atoms with Crippen LogP contribution in [0.1, 0.15) is 61.7 Å². The number of aliphatic hydroxyl groups excluding tert-OH is 4. The number of fused-ring (bicyclic) bond motifs is 6. The van der Waals surface area contributed by atoms with Gasteiger partial charge in [-0.25, -0.2) is 9.89 Å². The third-order valence-corrected chi connectivity index (χ3v) is 10.3. The molecule has 3 aromatic carbocycles. The largest absolute Gasteiger partial charge is 0.486 e. The molecule has 17 nitrogen and oxygen atoms in total. The number of nitrogens with one attached hydrogen (secondary N) is 3. The van der Waals surface area contributed by atoms with E-state index in [1.165, 1.54) is 18.2 Å². The third kappa shape index (κ3) is 6.34. The van der Waals surface area contributed by atoms with E-state index in [4.69, 9.17) is 24.4 Å². The Balaban J connectivity index is 1.37. The summed E-state index contributed by atoms with van der Waals surface area (Å²) in [5, 5.41) is 53.9. The average Bonchev–Trinajstić information content (AvgIpc) is 3.60. The van der Waals surface area contributed by atoms with E-state index < -0.39 is 66.8 Å². The number of para-hydroxylation sites is 1. The lowest BCUT2D eigenvalue weighted by Gasteiger charge is -2.40. The highest BCUT2D eigenvalue weighted by Crippen LogP contribution is 2.49. The van der Waals surface area contributed by atoms with Crippen LogP contribution in [-0.2, 0) is 19.1 Å². The Hall–Kier alpha value is -5.53. The molecule has 1 saturated heterocycles. The zero-order chi connectivity index (χ0) is 38.5. The number of guanidine groups is 1. The van der Waals surface area contributed by atoms with Crippen LogP contribution in [0.2, 0.25) is 0 Å². The fraction of sp³-hybridized carbons (Fsp3) is 0.342. The summed E-state index contributed by atoms with van der Waals surface area (Å²) in [4.78, 5) is 62.0. The van der Waals surface area contributed by atoms with Gasteiger partial charge in [-0.15, -0.1) is 0 Å². The second-order valence-corrected chi connectivity index (χ2v) is 13.7. The maximum absolute atomic E-state index is 14.3. The summed E-state index contributed by atoms with van der Waals surface area (Å²) >= 11 is 0. The maximum atomic E-state index is 14.3. The van der Waals surface area contributed by atoms with Gasteiger partial charge < -0.3 is 44.2 Å². The van der Waals surface area contributed by atoms with E-state index >= 15 is 0 Å². The second-order valence-electron chi connectivity index (χ2n) is 13.7. The van der Waals surface area contributed by atoms with Crippen molar-refractivity contribution in [1.29, 1.82) is 5.41 Å². The first-order valence-corrected chi connectivity index (χ1v) is 17.6. The summed E-state index contributed by atoms with van der Waals surface area (Å²) in [6.07, 6.45) is -8.87. The number of benzene rings is 3. The molecule has 1 amide bonds. The van der Waals surface area contributed by atoms with Crippen LogP contribution >= 0.6 is 0 Å². The Labute approximate surface area is 312 Å². The Morgan fingerprint density at radius 2 is 1.73 bits per heavy atom. The van der Waals surface area contributed by atoms with Crippen molar-refractivity contribution < 1.29 is 63.5 Å². The number of ketones is 2. The van der Waals surface area contributed by atoms with E-state index in [1.807, 2.05) is 6.07 Å². The van der Waals surface area contributed by atoms with Crippen molar-refractivity contribution in [3.8, 4) is 11.5 Å². The summed E-state index contributed by atoms with van der Waals surface area (Å²) in [5.41, 5.74) is 1.58. The smallest absolute Gasteiger partial charge is 0.284 e. The number of hydrogen-bond acceptors (Lipinski definition) is 14. The number of carbonyl (C=O) groups is 4. The zero-order valence-electron chi connectivity index (χ0n) is 29.0. The molecule has 0 saturated carbocycles. The van der Waals surface area contributed by atoms with Gasteiger partial charge in [-0.1, -0.05) is 42.5 Å². The minimum atomic E-state index is -1.82. The van der Waals surface area contributed by atoms with Gasteiger partial charge in [0.2, 0.25) is 18.0 Å². The molecule has 2 bridgehead atoms. The summed E-state index contributed by atoms with van der Waals surface area (Å²) in [5.74, 6) is -2.98. The molecule has 17 heteroatoms. The maximum Gasteiger partial charge on any atom is 0.284 e. The molecule has 4 heterocycles. The molecule has 5 aliphatic rings. The van der Waals surface area contributed by atoms with Crippen LogP contribution in [-0.4, -0.2) is 125 Å². The lowest BCUT2D eigenvalue weighted by atomic mass is 9.79. The molecule has 1 fully saturated rings. The van der Waals surface area contributed by atoms with Gasteiger partial charge in [0, 0.05) is 46.8 Å². The van der Waals surface area contributed by atoms with Gasteiger partial charge in [-0.05, 0) is 18.6 Å². The number of rotatable bonds is 7. The first kappa shape index (κ1) is 36.4. The van der Waals surface area contributed by atoms with Crippen molar-refractivity contribution in [3.05, 3.63) is 88.0 Å². The van der Waals surface area contributed by atoms with E-state index in [-0.39, 0.29) is 89.5 Å². The number of carbonyl (C=O) groups excluding carboxylic acids is 4. The number of aliphatic imine (C=N–C) groups is 2. The van der Waals surface area contributed by atoms with Crippen molar-refractivity contribution in [2.24, 2.45) is 9.98 Å². The highest BCUT2D eigenvalue weighted by molar-refractivity contribution is 6.68. The minimum Gasteiger partial charge on any atom is -0.486 e. The number of ether oxygens (including phenoxy) is 4. The van der Waals surface area contributed by atoms with Crippen molar-refractivity contribution in [2.75, 3.05) is 26.5 Å². The van der Waals surface area contributed by atoms with Crippen molar-refractivity contribution in [1.82, 2.24) is 5.32 Å². The molecule has 4 aliphatic heterocycles. The van der Waals surface area contributed by atoms with E-state index in [1.54, 1.807) is 30.3 Å². The fourth-order valence-electron chi connectivity index (χ4n) is 7.59. The SMILES string of the molecule is N=C1N=C2C(=NC[NH+]2c2ccccc2[C@H]2CCOC[C@@H]3O[C@H](Oc4c2cc2c(c4OC[C@H](O)CC=O)C(=O)c4ccccc4C2=O)[C@@H](O)[C@H](O)[C@H]3O)C(=O)N1. The Morgan fingerprint density at radius 3 is 2.51 bits per heavy atom. The zero-order valence-corrected chi connectivity index (χ0v) is 29.0. The Kier molecular flexibility index (Phi) is 9.68. The van der Waals surface area contributed by atoms with Gasteiger partial charge in [0.05, 0.1) is 18.3 Å². The minimum absolute atomic E-state index is 0.0282. The molecule has 55 heavy (non-hydrogen) atoms. The molecule has 0 aromatic heterocycles. The lowest BCUT2D eigenvalue weighted by Crippen LogP contribution is -3.09. The second kappa shape index (κ2) is 14.6. The fourth-order valence-corrected chi connectivity index (χ4v) is 7.59. The number of nitrogens with zero attached hydrogens (tertiary/aromatic N) is 2. The van der Waals surface area contributed by atoms with Gasteiger partial charge in [0.1, 0.15) is 43.0 Å². The molecule has 1 aliphatic carbocycles. The van der Waals surface area contributed by atoms with Gasteiger partial charge in [0.25, 0.3) is 11.7 Å². The monoisotopic (exact) mass is 754 g/mol. The molecule has 7 N–H and O–H groups in total. The van der Waals surface area contributed by atoms with Crippen LogP contribution in [0.15, 0.2) is 64.6 Å². The number of aldehydes is 1. The molecule has 0 radical (unpaired) electrons. The molecular formula is C38H36N5O12+. The Bertz CT molecular complexity index is 2190. The van der Waals surface area contributed by atoms with E-state index in [9.17, 15) is 39.6 Å².